The summed E-state index contributed by atoms with van der Waals surface area (Å²) in [5, 5.41) is 23.7. The maximum atomic E-state index is 14.1. The standard InChI is InChI=1S/C21H17F2N3O2/c1-12-3-2-4-14(10-24)17(12)11-26-18-9-15(21(22,23)20(27)28)7-8-16(18)19(25-26)13-5-6-13/h2-4,7-9,13H,5-6,11H2,1H3,(H,27,28). The van der Waals surface area contributed by atoms with Crippen molar-refractivity contribution in [3.63, 3.8) is 0 Å². The zero-order chi connectivity index (χ0) is 20.1. The zero-order valence-electron chi connectivity index (χ0n) is 15.1. The average Bonchev–Trinajstić information content (AvgIpc) is 3.45. The van der Waals surface area contributed by atoms with E-state index < -0.39 is 17.5 Å². The monoisotopic (exact) mass is 381 g/mol. The summed E-state index contributed by atoms with van der Waals surface area (Å²) in [6.07, 6.45) is 1.99. The van der Waals surface area contributed by atoms with E-state index in [4.69, 9.17) is 5.11 Å². The Morgan fingerprint density at radius 3 is 2.75 bits per heavy atom. The van der Waals surface area contributed by atoms with Gasteiger partial charge in [0.05, 0.1) is 29.4 Å². The molecule has 142 valence electrons. The van der Waals surface area contributed by atoms with Crippen LogP contribution in [0, 0.1) is 18.3 Å². The van der Waals surface area contributed by atoms with Crippen LogP contribution in [0.25, 0.3) is 10.9 Å². The molecule has 1 aliphatic rings. The van der Waals surface area contributed by atoms with Crippen LogP contribution in [0.1, 0.15) is 46.7 Å². The first kappa shape index (κ1) is 18.1. The molecule has 0 atom stereocenters. The first-order chi connectivity index (χ1) is 13.3. The number of halogens is 2. The first-order valence-corrected chi connectivity index (χ1v) is 8.93. The van der Waals surface area contributed by atoms with Crippen LogP contribution in [0.2, 0.25) is 0 Å². The molecule has 3 aromatic rings. The number of benzene rings is 2. The van der Waals surface area contributed by atoms with Gasteiger partial charge in [0.15, 0.2) is 0 Å². The van der Waals surface area contributed by atoms with E-state index in [1.807, 2.05) is 13.0 Å². The molecule has 0 unspecified atom stereocenters. The zero-order valence-corrected chi connectivity index (χ0v) is 15.1. The van der Waals surface area contributed by atoms with Gasteiger partial charge in [-0.1, -0.05) is 24.3 Å². The molecule has 0 saturated heterocycles. The summed E-state index contributed by atoms with van der Waals surface area (Å²) < 4.78 is 29.7. The largest absolute Gasteiger partial charge is 0.477 e. The Morgan fingerprint density at radius 2 is 2.11 bits per heavy atom. The lowest BCUT2D eigenvalue weighted by Crippen LogP contribution is -2.25. The smallest absolute Gasteiger partial charge is 0.379 e. The molecule has 28 heavy (non-hydrogen) atoms. The van der Waals surface area contributed by atoms with Gasteiger partial charge in [-0.25, -0.2) is 4.79 Å². The fourth-order valence-corrected chi connectivity index (χ4v) is 3.46. The molecule has 1 aromatic heterocycles. The number of alkyl halides is 2. The number of carbonyl (C=O) groups is 1. The minimum atomic E-state index is -3.98. The predicted molar refractivity (Wildman–Crippen MR) is 98.2 cm³/mol. The van der Waals surface area contributed by atoms with Crippen molar-refractivity contribution in [2.45, 2.75) is 38.2 Å². The van der Waals surface area contributed by atoms with Crippen LogP contribution >= 0.6 is 0 Å². The van der Waals surface area contributed by atoms with Gasteiger partial charge in [-0.05, 0) is 43.0 Å². The van der Waals surface area contributed by atoms with E-state index in [9.17, 15) is 18.8 Å². The first-order valence-electron chi connectivity index (χ1n) is 8.93. The van der Waals surface area contributed by atoms with E-state index in [0.29, 0.717) is 17.0 Å². The molecule has 7 heteroatoms. The van der Waals surface area contributed by atoms with Gasteiger partial charge in [0.2, 0.25) is 0 Å². The van der Waals surface area contributed by atoms with Crippen LogP contribution in [0.3, 0.4) is 0 Å². The number of hydrogen-bond acceptors (Lipinski definition) is 3. The fourth-order valence-electron chi connectivity index (χ4n) is 3.46. The molecule has 1 N–H and O–H groups in total. The van der Waals surface area contributed by atoms with Crippen LogP contribution in [0.4, 0.5) is 8.78 Å². The minimum absolute atomic E-state index is 0.251. The van der Waals surface area contributed by atoms with Crippen LogP contribution in [-0.2, 0) is 17.3 Å². The Balaban J connectivity index is 1.88. The van der Waals surface area contributed by atoms with Crippen molar-refractivity contribution >= 4 is 16.9 Å². The Kier molecular flexibility index (Phi) is 4.15. The molecule has 1 fully saturated rings. The minimum Gasteiger partial charge on any atom is -0.477 e. The van der Waals surface area contributed by atoms with Crippen molar-refractivity contribution in [3.8, 4) is 6.07 Å². The molecule has 1 saturated carbocycles. The van der Waals surface area contributed by atoms with Crippen molar-refractivity contribution in [1.82, 2.24) is 9.78 Å². The predicted octanol–water partition coefficient (Wildman–Crippen LogP) is 4.32. The van der Waals surface area contributed by atoms with E-state index in [1.165, 1.54) is 12.1 Å². The lowest BCUT2D eigenvalue weighted by molar-refractivity contribution is -0.166. The number of carboxylic acids is 1. The number of aryl methyl sites for hydroxylation is 1. The van der Waals surface area contributed by atoms with E-state index >= 15 is 0 Å². The third kappa shape index (κ3) is 2.91. The highest BCUT2D eigenvalue weighted by molar-refractivity contribution is 5.86. The molecular formula is C21H17F2N3O2. The van der Waals surface area contributed by atoms with Gasteiger partial charge in [-0.3, -0.25) is 4.68 Å². The van der Waals surface area contributed by atoms with Gasteiger partial charge in [0.25, 0.3) is 0 Å². The molecular weight excluding hydrogens is 364 g/mol. The highest BCUT2D eigenvalue weighted by atomic mass is 19.3. The lowest BCUT2D eigenvalue weighted by Gasteiger charge is -2.13. The van der Waals surface area contributed by atoms with Crippen LogP contribution < -0.4 is 0 Å². The van der Waals surface area contributed by atoms with E-state index in [-0.39, 0.29) is 6.54 Å². The molecule has 0 spiro atoms. The number of hydrogen-bond donors (Lipinski definition) is 1. The Labute approximate surface area is 159 Å². The van der Waals surface area contributed by atoms with Crippen molar-refractivity contribution in [3.05, 3.63) is 64.3 Å². The number of nitrogens with zero attached hydrogens (tertiary/aromatic N) is 3. The van der Waals surface area contributed by atoms with Gasteiger partial charge < -0.3 is 5.11 Å². The topological polar surface area (TPSA) is 78.9 Å². The van der Waals surface area contributed by atoms with Crippen molar-refractivity contribution in [2.75, 3.05) is 0 Å². The molecule has 2 aromatic carbocycles. The van der Waals surface area contributed by atoms with E-state index in [2.05, 4.69) is 11.2 Å². The van der Waals surface area contributed by atoms with Crippen molar-refractivity contribution < 1.29 is 18.7 Å². The molecule has 0 bridgehead atoms. The summed E-state index contributed by atoms with van der Waals surface area (Å²) in [4.78, 5) is 11.0. The lowest BCUT2D eigenvalue weighted by atomic mass is 10.0. The van der Waals surface area contributed by atoms with Gasteiger partial charge in [0.1, 0.15) is 0 Å². The molecule has 0 amide bonds. The normalized spacial score (nSPS) is 14.2. The second-order valence-electron chi connectivity index (χ2n) is 7.14. The molecule has 4 rings (SSSR count). The van der Waals surface area contributed by atoms with Crippen LogP contribution in [0.15, 0.2) is 36.4 Å². The fraction of sp³-hybridized carbons (Fsp3) is 0.286. The van der Waals surface area contributed by atoms with Crippen LogP contribution in [0.5, 0.6) is 0 Å². The number of rotatable bonds is 5. The summed E-state index contributed by atoms with van der Waals surface area (Å²) in [5.74, 6) is -5.88. The highest BCUT2D eigenvalue weighted by Gasteiger charge is 2.41. The maximum absolute atomic E-state index is 14.1. The third-order valence-electron chi connectivity index (χ3n) is 5.21. The number of aliphatic carboxylic acids is 1. The van der Waals surface area contributed by atoms with E-state index in [0.717, 1.165) is 41.1 Å². The Hall–Kier alpha value is -3.27. The second-order valence-corrected chi connectivity index (χ2v) is 7.14. The summed E-state index contributed by atoms with van der Waals surface area (Å²) in [6, 6.07) is 11.4. The molecule has 0 radical (unpaired) electrons. The average molecular weight is 381 g/mol. The quantitative estimate of drug-likeness (QED) is 0.714. The molecule has 5 nitrogen and oxygen atoms in total. The molecule has 1 heterocycles. The number of carboxylic acid groups (broad SMARTS) is 1. The van der Waals surface area contributed by atoms with Crippen LogP contribution in [-0.4, -0.2) is 20.9 Å². The van der Waals surface area contributed by atoms with Crippen molar-refractivity contribution in [2.24, 2.45) is 0 Å². The number of nitriles is 1. The van der Waals surface area contributed by atoms with Gasteiger partial charge in [-0.15, -0.1) is 0 Å². The van der Waals surface area contributed by atoms with E-state index in [1.54, 1.807) is 16.8 Å². The van der Waals surface area contributed by atoms with Crippen molar-refractivity contribution in [1.29, 1.82) is 5.26 Å². The van der Waals surface area contributed by atoms with Gasteiger partial charge >= 0.3 is 11.9 Å². The number of aromatic nitrogens is 2. The summed E-state index contributed by atoms with van der Waals surface area (Å²) in [5.41, 5.74) is 2.89. The number of fused-ring (bicyclic) bond motifs is 1. The highest BCUT2D eigenvalue weighted by Crippen LogP contribution is 2.43. The Morgan fingerprint density at radius 1 is 1.36 bits per heavy atom. The SMILES string of the molecule is Cc1cccc(C#N)c1Cn1nc(C2CC2)c2ccc(C(F)(F)C(=O)O)cc21. The summed E-state index contributed by atoms with van der Waals surface area (Å²) in [7, 11) is 0. The second kappa shape index (κ2) is 6.41. The summed E-state index contributed by atoms with van der Waals surface area (Å²) in [6.45, 7) is 2.13. The molecule has 1 aliphatic carbocycles. The maximum Gasteiger partial charge on any atom is 0.379 e. The Bertz CT molecular complexity index is 1140. The van der Waals surface area contributed by atoms with Gasteiger partial charge in [0, 0.05) is 16.9 Å². The summed E-state index contributed by atoms with van der Waals surface area (Å²) >= 11 is 0. The third-order valence-corrected chi connectivity index (χ3v) is 5.21. The van der Waals surface area contributed by atoms with Gasteiger partial charge in [-0.2, -0.15) is 19.1 Å². The molecule has 0 aliphatic heterocycles.